The number of nitrogens with one attached hydrogen (secondary N) is 1. The first-order chi connectivity index (χ1) is 15.2. The Morgan fingerprint density at radius 1 is 1.16 bits per heavy atom. The minimum Gasteiger partial charge on any atom is -0.492 e. The number of carbonyl (C=O) groups is 1. The number of para-hydroxylation sites is 1. The quantitative estimate of drug-likeness (QED) is 0.383. The molecule has 0 fully saturated rings. The van der Waals surface area contributed by atoms with Crippen molar-refractivity contribution >= 4 is 17.7 Å². The Bertz CT molecular complexity index is 1090. The Balaban J connectivity index is 1.60. The maximum Gasteiger partial charge on any atom is 0.417 e. The third-order valence-corrected chi connectivity index (χ3v) is 5.73. The lowest BCUT2D eigenvalue weighted by Gasteiger charge is -2.16. The van der Waals surface area contributed by atoms with Gasteiger partial charge in [-0.15, -0.1) is 10.2 Å². The highest BCUT2D eigenvalue weighted by molar-refractivity contribution is 7.99. The normalized spacial score (nSPS) is 12.4. The first kappa shape index (κ1) is 23.6. The highest BCUT2D eigenvalue weighted by atomic mass is 32.2. The van der Waals surface area contributed by atoms with Gasteiger partial charge in [0.1, 0.15) is 5.75 Å². The van der Waals surface area contributed by atoms with Crippen LogP contribution in [0.2, 0.25) is 0 Å². The predicted molar refractivity (Wildman–Crippen MR) is 116 cm³/mol. The molecule has 0 saturated carbocycles. The van der Waals surface area contributed by atoms with E-state index in [0.717, 1.165) is 23.4 Å². The van der Waals surface area contributed by atoms with Gasteiger partial charge in [0, 0.05) is 12.8 Å². The van der Waals surface area contributed by atoms with Gasteiger partial charge < -0.3 is 14.6 Å². The Morgan fingerprint density at radius 3 is 2.56 bits per heavy atom. The lowest BCUT2D eigenvalue weighted by atomic mass is 10.1. The lowest BCUT2D eigenvalue weighted by molar-refractivity contribution is -0.137. The molecule has 1 amide bonds. The third kappa shape index (κ3) is 5.61. The van der Waals surface area contributed by atoms with Gasteiger partial charge in [-0.25, -0.2) is 0 Å². The van der Waals surface area contributed by atoms with E-state index in [2.05, 4.69) is 15.5 Å². The molecule has 1 atom stereocenters. The van der Waals surface area contributed by atoms with Crippen molar-refractivity contribution in [3.8, 4) is 5.75 Å². The molecule has 0 saturated heterocycles. The molecule has 32 heavy (non-hydrogen) atoms. The van der Waals surface area contributed by atoms with Crippen molar-refractivity contribution in [1.29, 1.82) is 0 Å². The van der Waals surface area contributed by atoms with Gasteiger partial charge in [-0.3, -0.25) is 4.79 Å². The van der Waals surface area contributed by atoms with Crippen LogP contribution in [0.4, 0.5) is 13.2 Å². The first-order valence-corrected chi connectivity index (χ1v) is 10.8. The Labute approximate surface area is 188 Å². The van der Waals surface area contributed by atoms with Crippen LogP contribution in [0, 0.1) is 6.92 Å². The summed E-state index contributed by atoms with van der Waals surface area (Å²) < 4.78 is 47.1. The average molecular weight is 465 g/mol. The number of aryl methyl sites for hydroxylation is 1. The summed E-state index contributed by atoms with van der Waals surface area (Å²) in [4.78, 5) is 12.5. The molecule has 0 radical (unpaired) electrons. The monoisotopic (exact) mass is 464 g/mol. The molecule has 3 aromatic rings. The second kappa shape index (κ2) is 10.1. The van der Waals surface area contributed by atoms with Crippen molar-refractivity contribution in [1.82, 2.24) is 20.1 Å². The van der Waals surface area contributed by atoms with Gasteiger partial charge in [0.25, 0.3) is 5.91 Å². The molecule has 0 aliphatic heterocycles. The SMILES string of the molecule is Cc1ccccc1OCCSc1nnc([C@H](C)NC(=O)c2ccccc2C(F)(F)F)n1C. The van der Waals surface area contributed by atoms with E-state index < -0.39 is 29.3 Å². The summed E-state index contributed by atoms with van der Waals surface area (Å²) in [5.41, 5.74) is -0.361. The lowest BCUT2D eigenvalue weighted by Crippen LogP contribution is -2.30. The van der Waals surface area contributed by atoms with Crippen LogP contribution in [-0.4, -0.2) is 33.0 Å². The number of nitrogens with zero attached hydrogens (tertiary/aromatic N) is 3. The van der Waals surface area contributed by atoms with Crippen LogP contribution >= 0.6 is 11.8 Å². The van der Waals surface area contributed by atoms with E-state index in [0.29, 0.717) is 23.3 Å². The molecule has 0 aliphatic rings. The van der Waals surface area contributed by atoms with E-state index in [-0.39, 0.29) is 0 Å². The second-order valence-corrected chi connectivity index (χ2v) is 8.16. The number of halogens is 3. The fraction of sp³-hybridized carbons (Fsp3) is 0.318. The maximum atomic E-state index is 13.2. The topological polar surface area (TPSA) is 69.0 Å². The zero-order chi connectivity index (χ0) is 23.3. The van der Waals surface area contributed by atoms with Gasteiger partial charge in [-0.1, -0.05) is 42.1 Å². The van der Waals surface area contributed by atoms with Crippen molar-refractivity contribution in [3.05, 3.63) is 71.0 Å². The number of ether oxygens (including phenoxy) is 1. The Morgan fingerprint density at radius 2 is 1.84 bits per heavy atom. The van der Waals surface area contributed by atoms with E-state index >= 15 is 0 Å². The van der Waals surface area contributed by atoms with Gasteiger partial charge in [-0.05, 0) is 37.6 Å². The highest BCUT2D eigenvalue weighted by Gasteiger charge is 2.35. The van der Waals surface area contributed by atoms with Crippen LogP contribution in [-0.2, 0) is 13.2 Å². The molecule has 170 valence electrons. The number of aromatic nitrogens is 3. The summed E-state index contributed by atoms with van der Waals surface area (Å²) in [6.45, 7) is 4.09. The number of benzene rings is 2. The van der Waals surface area contributed by atoms with Gasteiger partial charge in [0.2, 0.25) is 0 Å². The Hall–Kier alpha value is -3.01. The molecule has 1 heterocycles. The van der Waals surface area contributed by atoms with Crippen molar-refractivity contribution in [3.63, 3.8) is 0 Å². The first-order valence-electron chi connectivity index (χ1n) is 9.86. The van der Waals surface area contributed by atoms with Gasteiger partial charge >= 0.3 is 6.18 Å². The average Bonchev–Trinajstić information content (AvgIpc) is 3.12. The minimum absolute atomic E-state index is 0.433. The zero-order valence-electron chi connectivity index (χ0n) is 17.8. The standard InChI is InChI=1S/C22H23F3N4O2S/c1-14-8-4-7-11-18(14)31-12-13-32-21-28-27-19(29(21)3)15(2)26-20(30)16-9-5-6-10-17(16)22(23,24)25/h4-11,15H,12-13H2,1-3H3,(H,26,30)/t15-/m0/s1. The molecular weight excluding hydrogens is 441 g/mol. The number of amides is 1. The van der Waals surface area contributed by atoms with Crippen LogP contribution in [0.15, 0.2) is 53.7 Å². The molecule has 3 rings (SSSR count). The molecular formula is C22H23F3N4O2S. The van der Waals surface area contributed by atoms with Crippen LogP contribution in [0.3, 0.4) is 0 Å². The molecule has 6 nitrogen and oxygen atoms in total. The molecule has 0 bridgehead atoms. The van der Waals surface area contributed by atoms with Gasteiger partial charge in [0.15, 0.2) is 11.0 Å². The fourth-order valence-electron chi connectivity index (χ4n) is 3.10. The third-order valence-electron chi connectivity index (χ3n) is 4.75. The smallest absolute Gasteiger partial charge is 0.417 e. The van der Waals surface area contributed by atoms with E-state index in [1.54, 1.807) is 18.5 Å². The molecule has 0 spiro atoms. The summed E-state index contributed by atoms with van der Waals surface area (Å²) in [5, 5.41) is 11.4. The number of rotatable bonds is 8. The number of hydrogen-bond donors (Lipinski definition) is 1. The summed E-state index contributed by atoms with van der Waals surface area (Å²) in [5.74, 6) is 1.06. The summed E-state index contributed by atoms with van der Waals surface area (Å²) in [7, 11) is 1.74. The van der Waals surface area contributed by atoms with E-state index in [1.165, 1.54) is 23.9 Å². The van der Waals surface area contributed by atoms with E-state index in [4.69, 9.17) is 4.74 Å². The van der Waals surface area contributed by atoms with Crippen molar-refractivity contribution in [2.24, 2.45) is 7.05 Å². The van der Waals surface area contributed by atoms with Crippen molar-refractivity contribution in [2.45, 2.75) is 31.2 Å². The number of hydrogen-bond acceptors (Lipinski definition) is 5. The predicted octanol–water partition coefficient (Wildman–Crippen LogP) is 4.80. The number of carbonyl (C=O) groups excluding carboxylic acids is 1. The largest absolute Gasteiger partial charge is 0.492 e. The van der Waals surface area contributed by atoms with Crippen molar-refractivity contribution in [2.75, 3.05) is 12.4 Å². The van der Waals surface area contributed by atoms with Crippen LogP contribution in [0.1, 0.15) is 40.3 Å². The van der Waals surface area contributed by atoms with Crippen molar-refractivity contribution < 1.29 is 22.7 Å². The second-order valence-electron chi connectivity index (χ2n) is 7.10. The number of thioether (sulfide) groups is 1. The number of alkyl halides is 3. The Kier molecular flexibility index (Phi) is 7.44. The van der Waals surface area contributed by atoms with Crippen LogP contribution in [0.25, 0.3) is 0 Å². The maximum absolute atomic E-state index is 13.2. The molecule has 0 unspecified atom stereocenters. The van der Waals surface area contributed by atoms with E-state index in [1.807, 2.05) is 31.2 Å². The zero-order valence-corrected chi connectivity index (χ0v) is 18.6. The van der Waals surface area contributed by atoms with Gasteiger partial charge in [0.05, 0.1) is 23.8 Å². The minimum atomic E-state index is -4.62. The summed E-state index contributed by atoms with van der Waals surface area (Å²) >= 11 is 1.43. The summed E-state index contributed by atoms with van der Waals surface area (Å²) in [6, 6.07) is 11.8. The van der Waals surface area contributed by atoms with E-state index in [9.17, 15) is 18.0 Å². The highest BCUT2D eigenvalue weighted by Crippen LogP contribution is 2.32. The molecule has 10 heteroatoms. The molecule has 2 aromatic carbocycles. The molecule has 0 aliphatic carbocycles. The fourth-order valence-corrected chi connectivity index (χ4v) is 3.83. The van der Waals surface area contributed by atoms with Gasteiger partial charge in [-0.2, -0.15) is 13.2 Å². The molecule has 1 N–H and O–H groups in total. The van der Waals surface area contributed by atoms with Crippen LogP contribution < -0.4 is 10.1 Å². The summed E-state index contributed by atoms with van der Waals surface area (Å²) in [6.07, 6.45) is -4.62. The molecule has 1 aromatic heterocycles. The van der Waals surface area contributed by atoms with Crippen LogP contribution in [0.5, 0.6) is 5.75 Å².